The number of benzene rings is 1. The maximum absolute atomic E-state index is 12.7. The number of hydrogen-bond donors (Lipinski definition) is 1. The van der Waals surface area contributed by atoms with E-state index in [0.717, 1.165) is 30.7 Å². The minimum Gasteiger partial charge on any atom is -0.467 e. The first-order valence-corrected chi connectivity index (χ1v) is 9.30. The molecular formula is C21H26N2O3. The third-order valence-corrected chi connectivity index (χ3v) is 5.21. The Kier molecular flexibility index (Phi) is 6.10. The number of nitrogens with one attached hydrogen (secondary N) is 1. The molecule has 2 atom stereocenters. The van der Waals surface area contributed by atoms with E-state index in [0.29, 0.717) is 31.3 Å². The normalized spacial score (nSPS) is 20.0. The minimum atomic E-state index is 0.0488. The summed E-state index contributed by atoms with van der Waals surface area (Å²) in [5.74, 6) is 1.56. The molecule has 1 aromatic carbocycles. The van der Waals surface area contributed by atoms with Crippen LogP contribution in [0.2, 0.25) is 0 Å². The number of nitrogens with zero attached hydrogens (tertiary/aromatic N) is 1. The van der Waals surface area contributed by atoms with Crippen LogP contribution in [-0.2, 0) is 11.3 Å². The van der Waals surface area contributed by atoms with Crippen LogP contribution in [0.3, 0.4) is 0 Å². The van der Waals surface area contributed by atoms with Gasteiger partial charge in [0.25, 0.3) is 5.91 Å². The van der Waals surface area contributed by atoms with Crippen LogP contribution in [0.1, 0.15) is 42.3 Å². The molecule has 1 aliphatic rings. The molecule has 2 amide bonds. The van der Waals surface area contributed by atoms with E-state index in [1.165, 1.54) is 0 Å². The van der Waals surface area contributed by atoms with Crippen LogP contribution >= 0.6 is 0 Å². The van der Waals surface area contributed by atoms with E-state index in [1.807, 2.05) is 47.4 Å². The molecule has 2 aromatic rings. The second kappa shape index (κ2) is 8.70. The Balaban J connectivity index is 1.52. The highest BCUT2D eigenvalue weighted by Crippen LogP contribution is 2.29. The largest absolute Gasteiger partial charge is 0.467 e. The lowest BCUT2D eigenvalue weighted by molar-refractivity contribution is -0.123. The number of carbonyl (C=O) groups excluding carboxylic acids is 2. The number of rotatable bonds is 6. The molecule has 0 unspecified atom stereocenters. The van der Waals surface area contributed by atoms with Gasteiger partial charge in [-0.05, 0) is 42.5 Å². The highest BCUT2D eigenvalue weighted by molar-refractivity contribution is 5.94. The summed E-state index contributed by atoms with van der Waals surface area (Å²) in [6.07, 6.45) is 3.95. The van der Waals surface area contributed by atoms with Crippen molar-refractivity contribution in [2.24, 2.45) is 11.8 Å². The van der Waals surface area contributed by atoms with Crippen molar-refractivity contribution in [3.8, 4) is 0 Å². The molecule has 26 heavy (non-hydrogen) atoms. The fraction of sp³-hybridized carbons (Fsp3) is 0.429. The minimum absolute atomic E-state index is 0.0488. The Morgan fingerprint density at radius 2 is 1.96 bits per heavy atom. The van der Waals surface area contributed by atoms with Crippen molar-refractivity contribution in [3.63, 3.8) is 0 Å². The van der Waals surface area contributed by atoms with Crippen molar-refractivity contribution in [1.29, 1.82) is 0 Å². The quantitative estimate of drug-likeness (QED) is 0.864. The first-order valence-electron chi connectivity index (χ1n) is 9.30. The highest BCUT2D eigenvalue weighted by Gasteiger charge is 2.31. The number of piperidine rings is 1. The molecule has 5 nitrogen and oxygen atoms in total. The molecule has 5 heteroatoms. The van der Waals surface area contributed by atoms with Gasteiger partial charge in [-0.1, -0.05) is 31.5 Å². The zero-order chi connectivity index (χ0) is 18.4. The van der Waals surface area contributed by atoms with Crippen LogP contribution in [0, 0.1) is 11.8 Å². The summed E-state index contributed by atoms with van der Waals surface area (Å²) in [6.45, 7) is 3.99. The lowest BCUT2D eigenvalue weighted by atomic mass is 9.81. The lowest BCUT2D eigenvalue weighted by Crippen LogP contribution is -2.44. The van der Waals surface area contributed by atoms with E-state index < -0.39 is 0 Å². The third kappa shape index (κ3) is 4.54. The van der Waals surface area contributed by atoms with Gasteiger partial charge in [-0.25, -0.2) is 0 Å². The van der Waals surface area contributed by atoms with Gasteiger partial charge in [-0.2, -0.15) is 0 Å². The molecule has 3 rings (SSSR count). The molecule has 138 valence electrons. The molecule has 1 aliphatic heterocycles. The molecule has 1 N–H and O–H groups in total. The van der Waals surface area contributed by atoms with Crippen molar-refractivity contribution in [3.05, 3.63) is 60.1 Å². The first-order chi connectivity index (χ1) is 12.7. The number of hydrogen-bond acceptors (Lipinski definition) is 3. The van der Waals surface area contributed by atoms with Crippen LogP contribution in [-0.4, -0.2) is 29.8 Å². The van der Waals surface area contributed by atoms with Gasteiger partial charge in [0.2, 0.25) is 5.91 Å². The van der Waals surface area contributed by atoms with Crippen LogP contribution in [0.5, 0.6) is 0 Å². The van der Waals surface area contributed by atoms with Crippen LogP contribution in [0.4, 0.5) is 0 Å². The van der Waals surface area contributed by atoms with E-state index >= 15 is 0 Å². The molecule has 0 radical (unpaired) electrons. The van der Waals surface area contributed by atoms with Gasteiger partial charge in [0.05, 0.1) is 12.8 Å². The summed E-state index contributed by atoms with van der Waals surface area (Å²) in [4.78, 5) is 26.9. The van der Waals surface area contributed by atoms with Gasteiger partial charge in [-0.15, -0.1) is 0 Å². The van der Waals surface area contributed by atoms with Crippen molar-refractivity contribution >= 4 is 11.8 Å². The molecule has 0 spiro atoms. The standard InChI is InChI=1S/C21H26N2O3/c1-2-16-15-23(21(25)17-7-4-3-5-8-17)11-10-18(16)13-20(24)22-14-19-9-6-12-26-19/h3-9,12,16,18H,2,10-11,13-15H2,1H3,(H,22,24)/t16-,18+/m1/s1. The van der Waals surface area contributed by atoms with Gasteiger partial charge in [0.15, 0.2) is 0 Å². The average molecular weight is 354 g/mol. The third-order valence-electron chi connectivity index (χ3n) is 5.21. The molecule has 0 bridgehead atoms. The van der Waals surface area contributed by atoms with E-state index in [2.05, 4.69) is 12.2 Å². The van der Waals surface area contributed by atoms with Gasteiger partial charge >= 0.3 is 0 Å². The Bertz CT molecular complexity index is 712. The lowest BCUT2D eigenvalue weighted by Gasteiger charge is -2.38. The van der Waals surface area contributed by atoms with Crippen molar-refractivity contribution in [2.45, 2.75) is 32.7 Å². The number of furan rings is 1. The van der Waals surface area contributed by atoms with Crippen molar-refractivity contribution in [2.75, 3.05) is 13.1 Å². The highest BCUT2D eigenvalue weighted by atomic mass is 16.3. The Morgan fingerprint density at radius 3 is 2.65 bits per heavy atom. The smallest absolute Gasteiger partial charge is 0.253 e. The zero-order valence-electron chi connectivity index (χ0n) is 15.2. The Labute approximate surface area is 154 Å². The summed E-state index contributed by atoms with van der Waals surface area (Å²) >= 11 is 0. The fourth-order valence-electron chi connectivity index (χ4n) is 3.67. The van der Waals surface area contributed by atoms with E-state index in [9.17, 15) is 9.59 Å². The van der Waals surface area contributed by atoms with E-state index in [4.69, 9.17) is 4.42 Å². The number of amides is 2. The fourth-order valence-corrected chi connectivity index (χ4v) is 3.67. The van der Waals surface area contributed by atoms with Crippen molar-refractivity contribution < 1.29 is 14.0 Å². The summed E-state index contributed by atoms with van der Waals surface area (Å²) in [5, 5.41) is 2.92. The van der Waals surface area contributed by atoms with Gasteiger partial charge in [0, 0.05) is 25.1 Å². The Morgan fingerprint density at radius 1 is 1.15 bits per heavy atom. The topological polar surface area (TPSA) is 62.6 Å². The second-order valence-electron chi connectivity index (χ2n) is 6.89. The monoisotopic (exact) mass is 354 g/mol. The summed E-state index contributed by atoms with van der Waals surface area (Å²) < 4.78 is 5.24. The van der Waals surface area contributed by atoms with Crippen LogP contribution in [0.15, 0.2) is 53.1 Å². The van der Waals surface area contributed by atoms with Gasteiger partial charge in [-0.3, -0.25) is 9.59 Å². The molecule has 2 heterocycles. The molecular weight excluding hydrogens is 328 g/mol. The second-order valence-corrected chi connectivity index (χ2v) is 6.89. The van der Waals surface area contributed by atoms with Crippen LogP contribution in [0.25, 0.3) is 0 Å². The summed E-state index contributed by atoms with van der Waals surface area (Å²) in [7, 11) is 0. The average Bonchev–Trinajstić information content (AvgIpc) is 3.20. The number of likely N-dealkylation sites (tertiary alicyclic amines) is 1. The zero-order valence-corrected chi connectivity index (χ0v) is 15.2. The molecule has 0 saturated carbocycles. The maximum Gasteiger partial charge on any atom is 0.253 e. The molecule has 0 aliphatic carbocycles. The maximum atomic E-state index is 12.7. The van der Waals surface area contributed by atoms with Crippen LogP contribution < -0.4 is 5.32 Å². The predicted octanol–water partition coefficient (Wildman–Crippen LogP) is 3.47. The Hall–Kier alpha value is -2.56. The summed E-state index contributed by atoms with van der Waals surface area (Å²) in [6, 6.07) is 13.1. The SMILES string of the molecule is CC[C@@H]1CN(C(=O)c2ccccc2)CC[C@H]1CC(=O)NCc1ccco1. The molecule has 1 aromatic heterocycles. The summed E-state index contributed by atoms with van der Waals surface area (Å²) in [5.41, 5.74) is 0.733. The van der Waals surface area contributed by atoms with E-state index in [-0.39, 0.29) is 11.8 Å². The van der Waals surface area contributed by atoms with Crippen molar-refractivity contribution in [1.82, 2.24) is 10.2 Å². The van der Waals surface area contributed by atoms with E-state index in [1.54, 1.807) is 6.26 Å². The number of carbonyl (C=O) groups is 2. The van der Waals surface area contributed by atoms with Gasteiger partial charge < -0.3 is 14.6 Å². The first kappa shape index (κ1) is 18.2. The molecule has 1 fully saturated rings. The van der Waals surface area contributed by atoms with Gasteiger partial charge in [0.1, 0.15) is 5.76 Å². The predicted molar refractivity (Wildman–Crippen MR) is 99.4 cm³/mol. The molecule has 1 saturated heterocycles.